The predicted octanol–water partition coefficient (Wildman–Crippen LogP) is 0.978. The van der Waals surface area contributed by atoms with Crippen molar-refractivity contribution >= 4 is 18.0 Å². The van der Waals surface area contributed by atoms with Crippen LogP contribution in [0.4, 0.5) is 4.79 Å². The normalized spacial score (nSPS) is 12.8. The minimum absolute atomic E-state index is 0.0323. The van der Waals surface area contributed by atoms with E-state index in [2.05, 4.69) is 15.4 Å². The molecular weight excluding hydrogens is 340 g/mol. The van der Waals surface area contributed by atoms with Gasteiger partial charge in [-0.05, 0) is 17.9 Å². The van der Waals surface area contributed by atoms with Crippen LogP contribution in [0.3, 0.4) is 0 Å². The number of ether oxygens (including phenoxy) is 2. The number of benzene rings is 1. The summed E-state index contributed by atoms with van der Waals surface area (Å²) in [5, 5.41) is 14.1. The third-order valence-electron chi connectivity index (χ3n) is 3.51. The second-order valence-electron chi connectivity index (χ2n) is 6.16. The van der Waals surface area contributed by atoms with E-state index >= 15 is 0 Å². The van der Waals surface area contributed by atoms with E-state index in [9.17, 15) is 19.5 Å². The van der Waals surface area contributed by atoms with E-state index in [0.717, 1.165) is 5.56 Å². The minimum atomic E-state index is -1.24. The van der Waals surface area contributed by atoms with Crippen molar-refractivity contribution in [3.63, 3.8) is 0 Å². The summed E-state index contributed by atoms with van der Waals surface area (Å²) >= 11 is 0. The van der Waals surface area contributed by atoms with Crippen LogP contribution < -0.4 is 10.6 Å². The first-order valence-electron chi connectivity index (χ1n) is 8.33. The fraction of sp³-hybridized carbons (Fsp3) is 0.500. The molecule has 0 fully saturated rings. The van der Waals surface area contributed by atoms with Crippen LogP contribution in [-0.2, 0) is 25.7 Å². The Labute approximate surface area is 152 Å². The standard InChI is InChI=1S/C18H26N2O6/c1-12(2)9-14(17(23)25-3)19-16(22)15(10-21)20-18(24)26-11-13-7-5-4-6-8-13/h4-8,12,14-15,21H,9-11H2,1-3H3,(H,19,22)(H,20,24). The summed E-state index contributed by atoms with van der Waals surface area (Å²) in [7, 11) is 1.23. The molecule has 2 amide bonds. The van der Waals surface area contributed by atoms with E-state index in [1.54, 1.807) is 12.1 Å². The maximum Gasteiger partial charge on any atom is 0.408 e. The van der Waals surface area contributed by atoms with Gasteiger partial charge >= 0.3 is 12.1 Å². The molecule has 0 aliphatic rings. The smallest absolute Gasteiger partial charge is 0.408 e. The Morgan fingerprint density at radius 2 is 1.73 bits per heavy atom. The van der Waals surface area contributed by atoms with Crippen LogP contribution >= 0.6 is 0 Å². The quantitative estimate of drug-likeness (QED) is 0.561. The van der Waals surface area contributed by atoms with E-state index in [4.69, 9.17) is 4.74 Å². The average Bonchev–Trinajstić information content (AvgIpc) is 2.63. The molecule has 8 heteroatoms. The van der Waals surface area contributed by atoms with Crippen molar-refractivity contribution in [2.24, 2.45) is 5.92 Å². The van der Waals surface area contributed by atoms with Crippen molar-refractivity contribution in [2.75, 3.05) is 13.7 Å². The average molecular weight is 366 g/mol. The van der Waals surface area contributed by atoms with Gasteiger partial charge in [-0.3, -0.25) is 4.79 Å². The van der Waals surface area contributed by atoms with Crippen molar-refractivity contribution in [1.29, 1.82) is 0 Å². The van der Waals surface area contributed by atoms with Crippen molar-refractivity contribution < 1.29 is 29.0 Å². The lowest BCUT2D eigenvalue weighted by molar-refractivity contribution is -0.145. The number of amides is 2. The lowest BCUT2D eigenvalue weighted by Gasteiger charge is -2.22. The zero-order chi connectivity index (χ0) is 19.5. The van der Waals surface area contributed by atoms with E-state index in [0.29, 0.717) is 6.42 Å². The minimum Gasteiger partial charge on any atom is -0.467 e. The molecule has 3 N–H and O–H groups in total. The summed E-state index contributed by atoms with van der Waals surface area (Å²) < 4.78 is 9.68. The van der Waals surface area contributed by atoms with Crippen molar-refractivity contribution in [2.45, 2.75) is 39.0 Å². The highest BCUT2D eigenvalue weighted by Crippen LogP contribution is 2.07. The maximum atomic E-state index is 12.2. The highest BCUT2D eigenvalue weighted by molar-refractivity contribution is 5.89. The van der Waals surface area contributed by atoms with E-state index in [1.165, 1.54) is 7.11 Å². The molecule has 26 heavy (non-hydrogen) atoms. The molecule has 0 aliphatic carbocycles. The molecule has 0 spiro atoms. The number of hydrogen-bond donors (Lipinski definition) is 3. The fourth-order valence-corrected chi connectivity index (χ4v) is 2.20. The first-order chi connectivity index (χ1) is 12.4. The van der Waals surface area contributed by atoms with Crippen LogP contribution in [-0.4, -0.2) is 48.9 Å². The first-order valence-corrected chi connectivity index (χ1v) is 8.33. The summed E-state index contributed by atoms with van der Waals surface area (Å²) in [6, 6.07) is 6.93. The molecule has 0 heterocycles. The van der Waals surface area contributed by atoms with Crippen LogP contribution in [0.2, 0.25) is 0 Å². The second-order valence-corrected chi connectivity index (χ2v) is 6.16. The highest BCUT2D eigenvalue weighted by Gasteiger charge is 2.27. The van der Waals surface area contributed by atoms with Crippen LogP contribution in [0.25, 0.3) is 0 Å². The fourth-order valence-electron chi connectivity index (χ4n) is 2.20. The summed E-state index contributed by atoms with van der Waals surface area (Å²) in [6.07, 6.45) is -0.476. The molecule has 2 unspecified atom stereocenters. The van der Waals surface area contributed by atoms with Gasteiger partial charge in [-0.1, -0.05) is 44.2 Å². The number of alkyl carbamates (subject to hydrolysis) is 1. The Bertz CT molecular complexity index is 591. The molecule has 2 atom stereocenters. The third kappa shape index (κ3) is 7.52. The summed E-state index contributed by atoms with van der Waals surface area (Å²) in [6.45, 7) is 3.18. The number of carbonyl (C=O) groups excluding carboxylic acids is 3. The molecule has 8 nitrogen and oxygen atoms in total. The molecule has 0 saturated carbocycles. The van der Waals surface area contributed by atoms with E-state index < -0.39 is 36.7 Å². The van der Waals surface area contributed by atoms with Crippen molar-refractivity contribution in [3.8, 4) is 0 Å². The second kappa shape index (κ2) is 11.1. The van der Waals surface area contributed by atoms with Gasteiger partial charge < -0.3 is 25.2 Å². The molecule has 1 aromatic rings. The van der Waals surface area contributed by atoms with E-state index in [-0.39, 0.29) is 12.5 Å². The number of methoxy groups -OCH3 is 1. The summed E-state index contributed by atoms with van der Waals surface area (Å²) in [5.74, 6) is -1.15. The maximum absolute atomic E-state index is 12.2. The number of rotatable bonds is 9. The van der Waals surface area contributed by atoms with Gasteiger partial charge in [-0.15, -0.1) is 0 Å². The molecule has 1 rings (SSSR count). The zero-order valence-corrected chi connectivity index (χ0v) is 15.2. The number of nitrogens with one attached hydrogen (secondary N) is 2. The molecular formula is C18H26N2O6. The first kappa shape index (κ1) is 21.4. The van der Waals surface area contributed by atoms with Gasteiger partial charge in [0.1, 0.15) is 18.7 Å². The van der Waals surface area contributed by atoms with Gasteiger partial charge in [0.15, 0.2) is 0 Å². The topological polar surface area (TPSA) is 114 Å². The number of carbonyl (C=O) groups is 3. The molecule has 0 radical (unpaired) electrons. The largest absolute Gasteiger partial charge is 0.467 e. The Morgan fingerprint density at radius 1 is 1.08 bits per heavy atom. The van der Waals surface area contributed by atoms with Crippen LogP contribution in [0.1, 0.15) is 25.8 Å². The van der Waals surface area contributed by atoms with Gasteiger partial charge in [0.2, 0.25) is 5.91 Å². The lowest BCUT2D eigenvalue weighted by Crippen LogP contribution is -2.53. The third-order valence-corrected chi connectivity index (χ3v) is 3.51. The number of aliphatic hydroxyl groups is 1. The Hall–Kier alpha value is -2.61. The Morgan fingerprint density at radius 3 is 2.27 bits per heavy atom. The summed E-state index contributed by atoms with van der Waals surface area (Å²) in [5.41, 5.74) is 0.787. The predicted molar refractivity (Wildman–Crippen MR) is 94.0 cm³/mol. The zero-order valence-electron chi connectivity index (χ0n) is 15.2. The van der Waals surface area contributed by atoms with Gasteiger partial charge in [0, 0.05) is 0 Å². The van der Waals surface area contributed by atoms with Gasteiger partial charge in [-0.2, -0.15) is 0 Å². The molecule has 1 aromatic carbocycles. The van der Waals surface area contributed by atoms with Gasteiger partial charge in [-0.25, -0.2) is 9.59 Å². The molecule has 0 aromatic heterocycles. The van der Waals surface area contributed by atoms with Crippen LogP contribution in [0.15, 0.2) is 30.3 Å². The monoisotopic (exact) mass is 366 g/mol. The Balaban J connectivity index is 2.57. The lowest BCUT2D eigenvalue weighted by atomic mass is 10.0. The SMILES string of the molecule is COC(=O)C(CC(C)C)NC(=O)C(CO)NC(=O)OCc1ccccc1. The summed E-state index contributed by atoms with van der Waals surface area (Å²) in [4.78, 5) is 35.8. The number of aliphatic hydroxyl groups excluding tert-OH is 1. The van der Waals surface area contributed by atoms with Crippen molar-refractivity contribution in [1.82, 2.24) is 10.6 Å². The molecule has 144 valence electrons. The molecule has 0 aliphatic heterocycles. The number of esters is 1. The van der Waals surface area contributed by atoms with Crippen molar-refractivity contribution in [3.05, 3.63) is 35.9 Å². The van der Waals surface area contributed by atoms with Gasteiger partial charge in [0.25, 0.3) is 0 Å². The molecule has 0 bridgehead atoms. The highest BCUT2D eigenvalue weighted by atomic mass is 16.5. The Kier molecular flexibility index (Phi) is 9.14. The van der Waals surface area contributed by atoms with Crippen LogP contribution in [0, 0.1) is 5.92 Å². The number of hydrogen-bond acceptors (Lipinski definition) is 6. The van der Waals surface area contributed by atoms with Gasteiger partial charge in [0.05, 0.1) is 13.7 Å². The van der Waals surface area contributed by atoms with Crippen LogP contribution in [0.5, 0.6) is 0 Å². The van der Waals surface area contributed by atoms with E-state index in [1.807, 2.05) is 32.0 Å². The molecule has 0 saturated heterocycles.